The van der Waals surface area contributed by atoms with Gasteiger partial charge in [0.05, 0.1) is 0 Å². The Morgan fingerprint density at radius 3 is 3.00 bits per heavy atom. The third kappa shape index (κ3) is 1.67. The molecule has 1 aromatic rings. The fraction of sp³-hybridized carbons (Fsp3) is 0.857. The van der Waals surface area contributed by atoms with Gasteiger partial charge in [0, 0.05) is 25.5 Å². The Hall–Kier alpha value is -0.650. The first kappa shape index (κ1) is 8.93. The van der Waals surface area contributed by atoms with E-state index in [4.69, 9.17) is 0 Å². The molecule has 2 rings (SSSR count). The molecular formula is C7H12BrN5. The van der Waals surface area contributed by atoms with Crippen LogP contribution in [0.15, 0.2) is 0 Å². The fourth-order valence-corrected chi connectivity index (χ4v) is 2.16. The number of aryl methyl sites for hydroxylation is 1. The molecule has 0 spiro atoms. The average molecular weight is 246 g/mol. The SMILES string of the molecule is Cn1nnnc1N1CCC(CBr)C1. The van der Waals surface area contributed by atoms with Gasteiger partial charge in [-0.2, -0.15) is 0 Å². The van der Waals surface area contributed by atoms with Gasteiger partial charge in [0.2, 0.25) is 5.95 Å². The Morgan fingerprint density at radius 1 is 1.62 bits per heavy atom. The van der Waals surface area contributed by atoms with Gasteiger partial charge in [0.25, 0.3) is 0 Å². The second-order valence-electron chi connectivity index (χ2n) is 3.36. The van der Waals surface area contributed by atoms with E-state index in [2.05, 4.69) is 36.4 Å². The molecule has 0 saturated carbocycles. The van der Waals surface area contributed by atoms with Gasteiger partial charge in [-0.3, -0.25) is 0 Å². The van der Waals surface area contributed by atoms with Crippen LogP contribution in [0.2, 0.25) is 0 Å². The van der Waals surface area contributed by atoms with Crippen molar-refractivity contribution in [1.29, 1.82) is 0 Å². The van der Waals surface area contributed by atoms with E-state index in [0.717, 1.165) is 30.3 Å². The smallest absolute Gasteiger partial charge is 0.245 e. The van der Waals surface area contributed by atoms with Crippen LogP contribution in [0.4, 0.5) is 5.95 Å². The lowest BCUT2D eigenvalue weighted by Crippen LogP contribution is -2.23. The highest BCUT2D eigenvalue weighted by atomic mass is 79.9. The molecule has 0 bridgehead atoms. The summed E-state index contributed by atoms with van der Waals surface area (Å²) >= 11 is 3.50. The average Bonchev–Trinajstić information content (AvgIpc) is 2.71. The lowest BCUT2D eigenvalue weighted by atomic mass is 10.2. The molecule has 0 N–H and O–H groups in total. The predicted molar refractivity (Wildman–Crippen MR) is 52.9 cm³/mol. The van der Waals surface area contributed by atoms with Crippen LogP contribution in [0, 0.1) is 5.92 Å². The maximum atomic E-state index is 3.98. The van der Waals surface area contributed by atoms with Crippen molar-refractivity contribution >= 4 is 21.9 Å². The molecule has 1 aliphatic heterocycles. The highest BCUT2D eigenvalue weighted by molar-refractivity contribution is 9.09. The zero-order chi connectivity index (χ0) is 9.26. The number of hydrogen-bond donors (Lipinski definition) is 0. The van der Waals surface area contributed by atoms with Gasteiger partial charge in [0.1, 0.15) is 0 Å². The number of rotatable bonds is 2. The van der Waals surface area contributed by atoms with Gasteiger partial charge < -0.3 is 4.90 Å². The van der Waals surface area contributed by atoms with Gasteiger partial charge in [0.15, 0.2) is 0 Å². The molecule has 1 atom stereocenters. The summed E-state index contributed by atoms with van der Waals surface area (Å²) in [5, 5.41) is 12.5. The van der Waals surface area contributed by atoms with E-state index in [1.54, 1.807) is 4.68 Å². The van der Waals surface area contributed by atoms with Gasteiger partial charge in [-0.05, 0) is 22.8 Å². The maximum absolute atomic E-state index is 3.98. The zero-order valence-corrected chi connectivity index (χ0v) is 9.11. The minimum atomic E-state index is 0.733. The Morgan fingerprint density at radius 2 is 2.46 bits per heavy atom. The summed E-state index contributed by atoms with van der Waals surface area (Å²) in [6.45, 7) is 2.12. The standard InChI is InChI=1S/C7H12BrN5/c1-12-7(9-10-11-12)13-3-2-6(4-8)5-13/h6H,2-5H2,1H3. The molecule has 2 heterocycles. The van der Waals surface area contributed by atoms with Gasteiger partial charge >= 0.3 is 0 Å². The van der Waals surface area contributed by atoms with Crippen LogP contribution in [0.25, 0.3) is 0 Å². The van der Waals surface area contributed by atoms with Crippen molar-refractivity contribution < 1.29 is 0 Å². The number of tetrazole rings is 1. The predicted octanol–water partition coefficient (Wildman–Crippen LogP) is 0.431. The Labute approximate surface area is 85.2 Å². The quantitative estimate of drug-likeness (QED) is 0.710. The van der Waals surface area contributed by atoms with Crippen LogP contribution in [-0.4, -0.2) is 38.6 Å². The summed E-state index contributed by atoms with van der Waals surface area (Å²) in [7, 11) is 1.87. The molecule has 72 valence electrons. The van der Waals surface area contributed by atoms with E-state index in [0.29, 0.717) is 0 Å². The fourth-order valence-electron chi connectivity index (χ4n) is 1.63. The highest BCUT2D eigenvalue weighted by Crippen LogP contribution is 2.21. The lowest BCUT2D eigenvalue weighted by molar-refractivity contribution is 0.667. The summed E-state index contributed by atoms with van der Waals surface area (Å²) in [6.07, 6.45) is 1.22. The third-order valence-electron chi connectivity index (χ3n) is 2.38. The molecule has 0 radical (unpaired) electrons. The first-order valence-corrected chi connectivity index (χ1v) is 5.46. The Balaban J connectivity index is 2.08. The first-order valence-electron chi connectivity index (χ1n) is 4.34. The summed E-state index contributed by atoms with van der Waals surface area (Å²) in [5.74, 6) is 1.61. The van der Waals surface area contributed by atoms with Crippen LogP contribution in [0.3, 0.4) is 0 Å². The van der Waals surface area contributed by atoms with Crippen molar-refractivity contribution in [2.24, 2.45) is 13.0 Å². The molecule has 0 amide bonds. The number of anilines is 1. The zero-order valence-electron chi connectivity index (χ0n) is 7.52. The summed E-state index contributed by atoms with van der Waals surface area (Å²) < 4.78 is 1.72. The van der Waals surface area contributed by atoms with Crippen molar-refractivity contribution in [3.8, 4) is 0 Å². The largest absolute Gasteiger partial charge is 0.339 e. The van der Waals surface area contributed by atoms with Crippen molar-refractivity contribution in [1.82, 2.24) is 20.2 Å². The summed E-state index contributed by atoms with van der Waals surface area (Å²) in [5.41, 5.74) is 0. The monoisotopic (exact) mass is 245 g/mol. The van der Waals surface area contributed by atoms with E-state index in [1.807, 2.05) is 7.05 Å². The highest BCUT2D eigenvalue weighted by Gasteiger charge is 2.24. The molecule has 1 saturated heterocycles. The summed E-state index contributed by atoms with van der Waals surface area (Å²) in [4.78, 5) is 2.23. The molecular weight excluding hydrogens is 234 g/mol. The van der Waals surface area contributed by atoms with Crippen molar-refractivity contribution in [3.05, 3.63) is 0 Å². The van der Waals surface area contributed by atoms with E-state index in [1.165, 1.54) is 6.42 Å². The molecule has 1 unspecified atom stereocenters. The minimum absolute atomic E-state index is 0.733. The molecule has 1 aliphatic rings. The van der Waals surface area contributed by atoms with Crippen LogP contribution in [0.5, 0.6) is 0 Å². The van der Waals surface area contributed by atoms with E-state index < -0.39 is 0 Å². The number of aromatic nitrogens is 4. The molecule has 0 aliphatic carbocycles. The second-order valence-corrected chi connectivity index (χ2v) is 4.00. The third-order valence-corrected chi connectivity index (χ3v) is 3.30. The van der Waals surface area contributed by atoms with E-state index in [9.17, 15) is 0 Å². The van der Waals surface area contributed by atoms with Gasteiger partial charge in [-0.25, -0.2) is 4.68 Å². The number of halogens is 1. The Bertz CT molecular complexity index is 286. The number of nitrogens with zero attached hydrogens (tertiary/aromatic N) is 5. The molecule has 5 nitrogen and oxygen atoms in total. The van der Waals surface area contributed by atoms with Gasteiger partial charge in [-0.1, -0.05) is 21.0 Å². The van der Waals surface area contributed by atoms with Crippen molar-refractivity contribution in [2.75, 3.05) is 23.3 Å². The second kappa shape index (κ2) is 3.61. The minimum Gasteiger partial charge on any atom is -0.339 e. The molecule has 13 heavy (non-hydrogen) atoms. The topological polar surface area (TPSA) is 46.8 Å². The number of hydrogen-bond acceptors (Lipinski definition) is 4. The van der Waals surface area contributed by atoms with Gasteiger partial charge in [-0.15, -0.1) is 0 Å². The number of alkyl halides is 1. The van der Waals surface area contributed by atoms with Crippen molar-refractivity contribution in [3.63, 3.8) is 0 Å². The molecule has 6 heteroatoms. The van der Waals surface area contributed by atoms with Crippen LogP contribution >= 0.6 is 15.9 Å². The van der Waals surface area contributed by atoms with Crippen LogP contribution < -0.4 is 4.90 Å². The van der Waals surface area contributed by atoms with Crippen molar-refractivity contribution in [2.45, 2.75) is 6.42 Å². The maximum Gasteiger partial charge on any atom is 0.245 e. The normalized spacial score (nSPS) is 22.6. The van der Waals surface area contributed by atoms with E-state index >= 15 is 0 Å². The van der Waals surface area contributed by atoms with Crippen LogP contribution in [-0.2, 0) is 7.05 Å². The molecule has 1 aromatic heterocycles. The van der Waals surface area contributed by atoms with E-state index in [-0.39, 0.29) is 0 Å². The first-order chi connectivity index (χ1) is 6.31. The van der Waals surface area contributed by atoms with Crippen LogP contribution in [0.1, 0.15) is 6.42 Å². The summed E-state index contributed by atoms with van der Waals surface area (Å²) in [6, 6.07) is 0. The molecule has 0 aromatic carbocycles. The molecule has 1 fully saturated rings. The Kier molecular flexibility index (Phi) is 2.48. The lowest BCUT2D eigenvalue weighted by Gasteiger charge is -2.14.